The normalized spacial score (nSPS) is 22.7. The predicted molar refractivity (Wildman–Crippen MR) is 56.2 cm³/mol. The first-order chi connectivity index (χ1) is 7.18. The molecule has 2 aliphatic heterocycles. The second-order valence-electron chi connectivity index (χ2n) is 4.17. The van der Waals surface area contributed by atoms with Gasteiger partial charge in [-0.2, -0.15) is 0 Å². The molecular formula is C11H16N2O2. The summed E-state index contributed by atoms with van der Waals surface area (Å²) in [5.74, 6) is -0.282. The zero-order valence-corrected chi connectivity index (χ0v) is 9.03. The quantitative estimate of drug-likeness (QED) is 0.630. The van der Waals surface area contributed by atoms with Crippen LogP contribution in [0, 0.1) is 0 Å². The summed E-state index contributed by atoms with van der Waals surface area (Å²) in [5.41, 5.74) is 0.557. The minimum atomic E-state index is -0.156. The van der Waals surface area contributed by atoms with Gasteiger partial charge in [-0.05, 0) is 32.9 Å². The van der Waals surface area contributed by atoms with Crippen LogP contribution in [0.4, 0.5) is 0 Å². The first-order valence-corrected chi connectivity index (χ1v) is 5.45. The van der Waals surface area contributed by atoms with Gasteiger partial charge in [-0.25, -0.2) is 0 Å². The highest BCUT2D eigenvalue weighted by atomic mass is 16.2. The van der Waals surface area contributed by atoms with Crippen LogP contribution in [-0.2, 0) is 9.59 Å². The Hall–Kier alpha value is -1.16. The van der Waals surface area contributed by atoms with Gasteiger partial charge in [0, 0.05) is 24.7 Å². The molecule has 0 N–H and O–H groups in total. The fourth-order valence-corrected chi connectivity index (χ4v) is 2.10. The van der Waals surface area contributed by atoms with Crippen molar-refractivity contribution in [2.75, 3.05) is 26.2 Å². The van der Waals surface area contributed by atoms with Gasteiger partial charge < -0.3 is 4.90 Å². The van der Waals surface area contributed by atoms with Gasteiger partial charge in [0.25, 0.3) is 11.8 Å². The Bertz CT molecular complexity index is 317. The van der Waals surface area contributed by atoms with Crippen LogP contribution in [0.3, 0.4) is 0 Å². The molecule has 0 bridgehead atoms. The lowest BCUT2D eigenvalue weighted by atomic mass is 10.3. The molecule has 0 aliphatic carbocycles. The smallest absolute Gasteiger partial charge is 0.256 e. The van der Waals surface area contributed by atoms with E-state index in [9.17, 15) is 9.59 Å². The molecule has 2 heterocycles. The molecule has 4 heteroatoms. The van der Waals surface area contributed by atoms with E-state index in [1.807, 2.05) is 0 Å². The van der Waals surface area contributed by atoms with Crippen molar-refractivity contribution in [3.05, 3.63) is 11.6 Å². The zero-order chi connectivity index (χ0) is 10.8. The Kier molecular flexibility index (Phi) is 2.86. The standard InChI is InChI=1S/C11H16N2O2/c1-9-8-10(14)13(11(9)15)7-6-12-4-2-3-5-12/h8H,2-7H2,1H3. The van der Waals surface area contributed by atoms with Crippen LogP contribution in [0.25, 0.3) is 0 Å². The number of amides is 2. The predicted octanol–water partition coefficient (Wildman–Crippen LogP) is 0.397. The van der Waals surface area contributed by atoms with Gasteiger partial charge in [0.1, 0.15) is 0 Å². The minimum Gasteiger partial charge on any atom is -0.302 e. The lowest BCUT2D eigenvalue weighted by Gasteiger charge is -2.19. The van der Waals surface area contributed by atoms with E-state index in [1.54, 1.807) is 6.92 Å². The molecule has 1 fully saturated rings. The number of hydrogen-bond donors (Lipinski definition) is 0. The summed E-state index contributed by atoms with van der Waals surface area (Å²) in [6.07, 6.45) is 3.89. The van der Waals surface area contributed by atoms with E-state index in [0.29, 0.717) is 12.1 Å². The maximum absolute atomic E-state index is 11.5. The van der Waals surface area contributed by atoms with Crippen LogP contribution in [0.1, 0.15) is 19.8 Å². The monoisotopic (exact) mass is 208 g/mol. The Morgan fingerprint density at radius 1 is 1.20 bits per heavy atom. The van der Waals surface area contributed by atoms with Crippen molar-refractivity contribution in [2.45, 2.75) is 19.8 Å². The summed E-state index contributed by atoms with van der Waals surface area (Å²) in [7, 11) is 0. The van der Waals surface area contributed by atoms with E-state index in [-0.39, 0.29) is 11.8 Å². The van der Waals surface area contributed by atoms with Gasteiger partial charge in [-0.15, -0.1) is 0 Å². The van der Waals surface area contributed by atoms with E-state index in [1.165, 1.54) is 23.8 Å². The molecule has 0 atom stereocenters. The van der Waals surface area contributed by atoms with Crippen molar-refractivity contribution in [3.63, 3.8) is 0 Å². The second-order valence-corrected chi connectivity index (χ2v) is 4.17. The van der Waals surface area contributed by atoms with Crippen LogP contribution in [0.2, 0.25) is 0 Å². The van der Waals surface area contributed by atoms with Crippen LogP contribution < -0.4 is 0 Å². The third kappa shape index (κ3) is 2.09. The Morgan fingerprint density at radius 3 is 2.40 bits per heavy atom. The highest BCUT2D eigenvalue weighted by Gasteiger charge is 2.28. The molecule has 82 valence electrons. The molecule has 0 aromatic carbocycles. The van der Waals surface area contributed by atoms with E-state index in [0.717, 1.165) is 19.6 Å². The van der Waals surface area contributed by atoms with Crippen molar-refractivity contribution in [1.29, 1.82) is 0 Å². The number of rotatable bonds is 3. The molecule has 0 aromatic heterocycles. The van der Waals surface area contributed by atoms with Gasteiger partial charge in [0.2, 0.25) is 0 Å². The van der Waals surface area contributed by atoms with Gasteiger partial charge in [0.05, 0.1) is 0 Å². The van der Waals surface area contributed by atoms with E-state index < -0.39 is 0 Å². The van der Waals surface area contributed by atoms with Crippen LogP contribution in [-0.4, -0.2) is 47.8 Å². The first-order valence-electron chi connectivity index (χ1n) is 5.45. The van der Waals surface area contributed by atoms with Gasteiger partial charge >= 0.3 is 0 Å². The van der Waals surface area contributed by atoms with E-state index >= 15 is 0 Å². The van der Waals surface area contributed by atoms with Gasteiger partial charge in [-0.3, -0.25) is 14.5 Å². The lowest BCUT2D eigenvalue weighted by Crippen LogP contribution is -2.37. The Morgan fingerprint density at radius 2 is 1.87 bits per heavy atom. The largest absolute Gasteiger partial charge is 0.302 e. The summed E-state index contributed by atoms with van der Waals surface area (Å²) in [5, 5.41) is 0. The summed E-state index contributed by atoms with van der Waals surface area (Å²) >= 11 is 0. The third-order valence-corrected chi connectivity index (χ3v) is 3.03. The molecule has 4 nitrogen and oxygen atoms in total. The molecule has 2 rings (SSSR count). The average molecular weight is 208 g/mol. The number of hydrogen-bond acceptors (Lipinski definition) is 3. The number of likely N-dealkylation sites (tertiary alicyclic amines) is 1. The number of imide groups is 1. The molecule has 0 spiro atoms. The van der Waals surface area contributed by atoms with Crippen LogP contribution in [0.15, 0.2) is 11.6 Å². The Labute approximate surface area is 89.5 Å². The summed E-state index contributed by atoms with van der Waals surface area (Å²) in [4.78, 5) is 26.6. The molecule has 0 saturated carbocycles. The Balaban J connectivity index is 1.85. The average Bonchev–Trinajstić information content (AvgIpc) is 2.76. The van der Waals surface area contributed by atoms with Crippen molar-refractivity contribution in [3.8, 4) is 0 Å². The third-order valence-electron chi connectivity index (χ3n) is 3.03. The maximum Gasteiger partial charge on any atom is 0.256 e. The zero-order valence-electron chi connectivity index (χ0n) is 9.03. The van der Waals surface area contributed by atoms with Crippen LogP contribution >= 0.6 is 0 Å². The molecule has 15 heavy (non-hydrogen) atoms. The summed E-state index contributed by atoms with van der Waals surface area (Å²) in [6.45, 7) is 5.24. The topological polar surface area (TPSA) is 40.6 Å². The fourth-order valence-electron chi connectivity index (χ4n) is 2.10. The van der Waals surface area contributed by atoms with Gasteiger partial charge in [-0.1, -0.05) is 0 Å². The number of nitrogens with zero attached hydrogens (tertiary/aromatic N) is 2. The van der Waals surface area contributed by atoms with Crippen molar-refractivity contribution in [1.82, 2.24) is 9.80 Å². The highest BCUT2D eigenvalue weighted by molar-refractivity contribution is 6.15. The van der Waals surface area contributed by atoms with Crippen molar-refractivity contribution >= 4 is 11.8 Å². The fraction of sp³-hybridized carbons (Fsp3) is 0.636. The lowest BCUT2D eigenvalue weighted by molar-refractivity contribution is -0.137. The molecule has 0 unspecified atom stereocenters. The molecule has 2 amide bonds. The van der Waals surface area contributed by atoms with Crippen LogP contribution in [0.5, 0.6) is 0 Å². The molecule has 0 radical (unpaired) electrons. The molecule has 0 aromatic rings. The highest BCUT2D eigenvalue weighted by Crippen LogP contribution is 2.13. The minimum absolute atomic E-state index is 0.126. The number of carbonyl (C=O) groups is 2. The first kappa shape index (κ1) is 10.4. The van der Waals surface area contributed by atoms with Gasteiger partial charge in [0.15, 0.2) is 0 Å². The van der Waals surface area contributed by atoms with Crippen molar-refractivity contribution < 1.29 is 9.59 Å². The summed E-state index contributed by atoms with van der Waals surface area (Å²) in [6, 6.07) is 0. The second kappa shape index (κ2) is 4.14. The van der Waals surface area contributed by atoms with E-state index in [4.69, 9.17) is 0 Å². The summed E-state index contributed by atoms with van der Waals surface area (Å²) < 4.78 is 0. The van der Waals surface area contributed by atoms with Crippen molar-refractivity contribution in [2.24, 2.45) is 0 Å². The maximum atomic E-state index is 11.5. The SMILES string of the molecule is CC1=CC(=O)N(CCN2CCCC2)C1=O. The van der Waals surface area contributed by atoms with E-state index in [2.05, 4.69) is 4.90 Å². The molecule has 2 aliphatic rings. The molecule has 1 saturated heterocycles. The number of carbonyl (C=O) groups excluding carboxylic acids is 2. The molecular weight excluding hydrogens is 192 g/mol.